The Labute approximate surface area is 123 Å². The van der Waals surface area contributed by atoms with E-state index in [9.17, 15) is 18.0 Å². The van der Waals surface area contributed by atoms with Crippen LogP contribution in [0.15, 0.2) is 24.8 Å². The van der Waals surface area contributed by atoms with Crippen LogP contribution in [0.2, 0.25) is 0 Å². The molecule has 3 rings (SSSR count). The van der Waals surface area contributed by atoms with Gasteiger partial charge in [-0.15, -0.1) is 0 Å². The highest BCUT2D eigenvalue weighted by molar-refractivity contribution is 5.92. The third-order valence-corrected chi connectivity index (χ3v) is 3.56. The van der Waals surface area contributed by atoms with Crippen LogP contribution < -0.4 is 5.32 Å². The lowest BCUT2D eigenvalue weighted by molar-refractivity contribution is -0.142. The van der Waals surface area contributed by atoms with Crippen molar-refractivity contribution in [1.29, 1.82) is 0 Å². The summed E-state index contributed by atoms with van der Waals surface area (Å²) in [7, 11) is 1.87. The molecule has 1 amide bonds. The summed E-state index contributed by atoms with van der Waals surface area (Å²) in [6.45, 7) is -1.21. The number of carbonyl (C=O) groups excluding carboxylic acids is 1. The summed E-state index contributed by atoms with van der Waals surface area (Å²) in [4.78, 5) is 16.0. The Balaban J connectivity index is 1.58. The zero-order valence-corrected chi connectivity index (χ0v) is 11.7. The topological polar surface area (TPSA) is 64.7 Å². The lowest BCUT2D eigenvalue weighted by atomic mass is 10.3. The summed E-state index contributed by atoms with van der Waals surface area (Å²) in [5.41, 5.74) is 1.01. The Kier molecular flexibility index (Phi) is 3.42. The van der Waals surface area contributed by atoms with Crippen LogP contribution in [-0.2, 0) is 13.6 Å². The van der Waals surface area contributed by atoms with Crippen LogP contribution >= 0.6 is 0 Å². The Bertz CT molecular complexity index is 690. The number of alkyl halides is 3. The molecule has 1 aliphatic carbocycles. The van der Waals surface area contributed by atoms with Gasteiger partial charge in [0, 0.05) is 37.1 Å². The van der Waals surface area contributed by atoms with Crippen molar-refractivity contribution < 1.29 is 18.0 Å². The van der Waals surface area contributed by atoms with Crippen molar-refractivity contribution in [2.45, 2.75) is 31.1 Å². The minimum absolute atomic E-state index is 0.0140. The summed E-state index contributed by atoms with van der Waals surface area (Å²) in [5.74, 6) is -0.274. The van der Waals surface area contributed by atoms with E-state index in [0.29, 0.717) is 4.68 Å². The predicted octanol–water partition coefficient (Wildman–Crippen LogP) is 1.46. The van der Waals surface area contributed by atoms with E-state index in [1.165, 1.54) is 6.07 Å². The van der Waals surface area contributed by atoms with Gasteiger partial charge in [0.15, 0.2) is 0 Å². The Hall–Kier alpha value is -2.32. The van der Waals surface area contributed by atoms with Gasteiger partial charge in [-0.3, -0.25) is 9.48 Å². The first-order valence-corrected chi connectivity index (χ1v) is 6.71. The summed E-state index contributed by atoms with van der Waals surface area (Å²) in [6, 6.07) is 1.25. The number of rotatable bonds is 4. The fourth-order valence-electron chi connectivity index (χ4n) is 2.40. The van der Waals surface area contributed by atoms with E-state index in [1.807, 2.05) is 11.6 Å². The van der Waals surface area contributed by atoms with Crippen LogP contribution in [0.1, 0.15) is 28.5 Å². The van der Waals surface area contributed by atoms with E-state index < -0.39 is 18.6 Å². The van der Waals surface area contributed by atoms with Gasteiger partial charge in [0.25, 0.3) is 5.91 Å². The van der Waals surface area contributed by atoms with Gasteiger partial charge in [-0.05, 0) is 12.5 Å². The molecular formula is C13H14F3N5O. The van der Waals surface area contributed by atoms with Gasteiger partial charge < -0.3 is 9.88 Å². The van der Waals surface area contributed by atoms with Crippen LogP contribution in [0.25, 0.3) is 0 Å². The van der Waals surface area contributed by atoms with Gasteiger partial charge >= 0.3 is 6.18 Å². The average molecular weight is 313 g/mol. The molecule has 2 heterocycles. The molecule has 2 aromatic heterocycles. The number of hydrogen-bond acceptors (Lipinski definition) is 3. The summed E-state index contributed by atoms with van der Waals surface area (Å²) < 4.78 is 39.3. The van der Waals surface area contributed by atoms with Crippen LogP contribution in [0, 0.1) is 0 Å². The summed E-state index contributed by atoms with van der Waals surface area (Å²) >= 11 is 0. The smallest absolute Gasteiger partial charge is 0.347 e. The Morgan fingerprint density at radius 1 is 1.50 bits per heavy atom. The maximum atomic E-state index is 12.2. The monoisotopic (exact) mass is 313 g/mol. The molecule has 0 aliphatic heterocycles. The average Bonchev–Trinajstić information content (AvgIpc) is 2.82. The SMILES string of the molecule is Cn1cncc1[C@H]1C[C@@H]1NC(=O)c1ccn(CC(F)(F)F)n1. The van der Waals surface area contributed by atoms with Crippen molar-refractivity contribution in [3.63, 3.8) is 0 Å². The highest BCUT2D eigenvalue weighted by atomic mass is 19.4. The largest absolute Gasteiger partial charge is 0.408 e. The molecule has 6 nitrogen and oxygen atoms in total. The van der Waals surface area contributed by atoms with Crippen molar-refractivity contribution in [2.24, 2.45) is 7.05 Å². The van der Waals surface area contributed by atoms with Crippen LogP contribution in [0.4, 0.5) is 13.2 Å². The van der Waals surface area contributed by atoms with Crippen LogP contribution in [0.3, 0.4) is 0 Å². The molecule has 0 spiro atoms. The number of nitrogens with one attached hydrogen (secondary N) is 1. The number of nitrogens with zero attached hydrogens (tertiary/aromatic N) is 4. The van der Waals surface area contributed by atoms with E-state index in [1.54, 1.807) is 12.5 Å². The molecule has 0 bridgehead atoms. The normalized spacial score (nSPS) is 20.9. The lowest BCUT2D eigenvalue weighted by Gasteiger charge is -2.06. The molecule has 1 aliphatic rings. The molecular weight excluding hydrogens is 299 g/mol. The molecule has 0 radical (unpaired) electrons. The van der Waals surface area contributed by atoms with Gasteiger partial charge in [-0.1, -0.05) is 0 Å². The van der Waals surface area contributed by atoms with Crippen molar-refractivity contribution in [3.05, 3.63) is 36.2 Å². The molecule has 1 N–H and O–H groups in total. The number of aromatic nitrogens is 4. The molecule has 2 atom stereocenters. The third-order valence-electron chi connectivity index (χ3n) is 3.56. The second kappa shape index (κ2) is 5.15. The fraction of sp³-hybridized carbons (Fsp3) is 0.462. The first-order valence-electron chi connectivity index (χ1n) is 6.71. The molecule has 0 saturated heterocycles. The summed E-state index contributed by atoms with van der Waals surface area (Å²) in [6.07, 6.45) is 1.00. The second-order valence-electron chi connectivity index (χ2n) is 5.37. The van der Waals surface area contributed by atoms with Gasteiger partial charge in [0.2, 0.25) is 0 Å². The maximum Gasteiger partial charge on any atom is 0.408 e. The van der Waals surface area contributed by atoms with E-state index in [-0.39, 0.29) is 17.7 Å². The van der Waals surface area contributed by atoms with Crippen molar-refractivity contribution in [3.8, 4) is 0 Å². The standard InChI is InChI=1S/C13H14F3N5O/c1-20-7-17-5-11(20)8-4-10(8)18-12(22)9-2-3-21(19-9)6-13(14,15)16/h2-3,5,7-8,10H,4,6H2,1H3,(H,18,22)/t8-,10-/m0/s1. The van der Waals surface area contributed by atoms with Gasteiger partial charge in [-0.25, -0.2) is 4.98 Å². The van der Waals surface area contributed by atoms with Crippen molar-refractivity contribution >= 4 is 5.91 Å². The first kappa shape index (κ1) is 14.6. The highest BCUT2D eigenvalue weighted by Crippen LogP contribution is 2.40. The minimum atomic E-state index is -4.36. The minimum Gasteiger partial charge on any atom is -0.347 e. The number of aryl methyl sites for hydroxylation is 1. The van der Waals surface area contributed by atoms with Gasteiger partial charge in [-0.2, -0.15) is 18.3 Å². The van der Waals surface area contributed by atoms with E-state index >= 15 is 0 Å². The van der Waals surface area contributed by atoms with Gasteiger partial charge in [0.05, 0.1) is 6.33 Å². The number of amides is 1. The first-order chi connectivity index (χ1) is 10.3. The molecule has 0 aromatic carbocycles. The number of carbonyl (C=O) groups is 1. The molecule has 118 valence electrons. The number of hydrogen-bond donors (Lipinski definition) is 1. The zero-order chi connectivity index (χ0) is 15.9. The van der Waals surface area contributed by atoms with Gasteiger partial charge in [0.1, 0.15) is 12.2 Å². The predicted molar refractivity (Wildman–Crippen MR) is 70.1 cm³/mol. The maximum absolute atomic E-state index is 12.2. The molecule has 1 fully saturated rings. The van der Waals surface area contributed by atoms with E-state index in [2.05, 4.69) is 15.4 Å². The molecule has 22 heavy (non-hydrogen) atoms. The molecule has 9 heteroatoms. The lowest BCUT2D eigenvalue weighted by Crippen LogP contribution is -2.27. The fourth-order valence-corrected chi connectivity index (χ4v) is 2.40. The molecule has 2 aromatic rings. The quantitative estimate of drug-likeness (QED) is 0.929. The highest BCUT2D eigenvalue weighted by Gasteiger charge is 2.41. The number of halogens is 3. The van der Waals surface area contributed by atoms with Crippen LogP contribution in [0.5, 0.6) is 0 Å². The number of imidazole rings is 1. The van der Waals surface area contributed by atoms with Crippen molar-refractivity contribution in [1.82, 2.24) is 24.6 Å². The second-order valence-corrected chi connectivity index (χ2v) is 5.37. The zero-order valence-electron chi connectivity index (χ0n) is 11.7. The Morgan fingerprint density at radius 2 is 2.27 bits per heavy atom. The summed E-state index contributed by atoms with van der Waals surface area (Å²) in [5, 5.41) is 6.42. The van der Waals surface area contributed by atoms with E-state index in [0.717, 1.165) is 18.3 Å². The molecule has 1 saturated carbocycles. The Morgan fingerprint density at radius 3 is 2.91 bits per heavy atom. The van der Waals surface area contributed by atoms with E-state index in [4.69, 9.17) is 0 Å². The molecule has 0 unspecified atom stereocenters. The van der Waals surface area contributed by atoms with Crippen LogP contribution in [-0.4, -0.2) is 37.5 Å². The third kappa shape index (κ3) is 3.12. The van der Waals surface area contributed by atoms with Crippen molar-refractivity contribution in [2.75, 3.05) is 0 Å².